The van der Waals surface area contributed by atoms with Gasteiger partial charge >= 0.3 is 0 Å². The lowest BCUT2D eigenvalue weighted by Gasteiger charge is -2.25. The molecule has 0 aromatic heterocycles. The quantitative estimate of drug-likeness (QED) is 0.540. The number of piperidine rings is 1. The van der Waals surface area contributed by atoms with E-state index in [2.05, 4.69) is 0 Å². The number of amides is 1. The third kappa shape index (κ3) is 1.33. The van der Waals surface area contributed by atoms with Gasteiger partial charge in [0, 0.05) is 19.0 Å². The van der Waals surface area contributed by atoms with Crippen molar-refractivity contribution in [3.63, 3.8) is 0 Å². The Morgan fingerprint density at radius 3 is 2.83 bits per heavy atom. The normalized spacial score (nSPS) is 33.4. The molecule has 2 atom stereocenters. The standard InChI is InChI=1S/C9H15NO2/c1-6(2)9(11)10-4-3-7-8(5-10)12-7/h6-8H,3-5H2,1-2H3. The van der Waals surface area contributed by atoms with Gasteiger partial charge in [-0.05, 0) is 6.42 Å². The molecule has 3 nitrogen and oxygen atoms in total. The van der Waals surface area contributed by atoms with Crippen LogP contribution in [0.4, 0.5) is 0 Å². The van der Waals surface area contributed by atoms with E-state index in [9.17, 15) is 4.79 Å². The molecule has 68 valence electrons. The molecule has 0 aliphatic carbocycles. The molecular formula is C9H15NO2. The maximum absolute atomic E-state index is 11.5. The monoisotopic (exact) mass is 169 g/mol. The zero-order valence-electron chi connectivity index (χ0n) is 7.62. The average Bonchev–Trinajstić information content (AvgIpc) is 2.79. The van der Waals surface area contributed by atoms with E-state index < -0.39 is 0 Å². The topological polar surface area (TPSA) is 32.8 Å². The number of hydrogen-bond acceptors (Lipinski definition) is 2. The summed E-state index contributed by atoms with van der Waals surface area (Å²) in [7, 11) is 0. The van der Waals surface area contributed by atoms with E-state index in [-0.39, 0.29) is 11.8 Å². The Labute approximate surface area is 72.7 Å². The van der Waals surface area contributed by atoms with Crippen molar-refractivity contribution in [2.24, 2.45) is 5.92 Å². The summed E-state index contributed by atoms with van der Waals surface area (Å²) in [5, 5.41) is 0. The number of rotatable bonds is 1. The van der Waals surface area contributed by atoms with Gasteiger partial charge in [-0.1, -0.05) is 13.8 Å². The van der Waals surface area contributed by atoms with Crippen molar-refractivity contribution in [3.8, 4) is 0 Å². The van der Waals surface area contributed by atoms with E-state index in [0.717, 1.165) is 19.5 Å². The first-order valence-corrected chi connectivity index (χ1v) is 4.62. The SMILES string of the molecule is CC(C)C(=O)N1CCC2OC2C1. The molecular weight excluding hydrogens is 154 g/mol. The summed E-state index contributed by atoms with van der Waals surface area (Å²) >= 11 is 0. The first-order valence-electron chi connectivity index (χ1n) is 4.62. The largest absolute Gasteiger partial charge is 0.368 e. The van der Waals surface area contributed by atoms with E-state index in [1.807, 2.05) is 18.7 Å². The molecule has 2 aliphatic rings. The summed E-state index contributed by atoms with van der Waals surface area (Å²) in [6, 6.07) is 0. The summed E-state index contributed by atoms with van der Waals surface area (Å²) in [5.41, 5.74) is 0. The third-order valence-electron chi connectivity index (χ3n) is 2.58. The van der Waals surface area contributed by atoms with Gasteiger partial charge in [-0.25, -0.2) is 0 Å². The number of carbonyl (C=O) groups excluding carboxylic acids is 1. The van der Waals surface area contributed by atoms with Gasteiger partial charge in [0.15, 0.2) is 0 Å². The second-order valence-electron chi connectivity index (χ2n) is 3.94. The summed E-state index contributed by atoms with van der Waals surface area (Å²) in [6.07, 6.45) is 1.87. The molecule has 0 N–H and O–H groups in total. The molecule has 3 heteroatoms. The lowest BCUT2D eigenvalue weighted by atomic mass is 10.1. The number of likely N-dealkylation sites (tertiary alicyclic amines) is 1. The fourth-order valence-corrected chi connectivity index (χ4v) is 1.75. The molecule has 12 heavy (non-hydrogen) atoms. The van der Waals surface area contributed by atoms with Gasteiger partial charge < -0.3 is 9.64 Å². The van der Waals surface area contributed by atoms with Gasteiger partial charge in [0.25, 0.3) is 0 Å². The second-order valence-corrected chi connectivity index (χ2v) is 3.94. The van der Waals surface area contributed by atoms with Gasteiger partial charge in [-0.3, -0.25) is 4.79 Å². The van der Waals surface area contributed by atoms with Gasteiger partial charge in [0.1, 0.15) is 6.10 Å². The zero-order valence-corrected chi connectivity index (χ0v) is 7.62. The van der Waals surface area contributed by atoms with Crippen LogP contribution in [0.5, 0.6) is 0 Å². The molecule has 2 unspecified atom stereocenters. The van der Waals surface area contributed by atoms with Crippen LogP contribution in [0.15, 0.2) is 0 Å². The van der Waals surface area contributed by atoms with Crippen LogP contribution in [0, 0.1) is 5.92 Å². The summed E-state index contributed by atoms with van der Waals surface area (Å²) < 4.78 is 5.34. The van der Waals surface area contributed by atoms with E-state index in [4.69, 9.17) is 4.74 Å². The van der Waals surface area contributed by atoms with E-state index >= 15 is 0 Å². The van der Waals surface area contributed by atoms with Crippen LogP contribution in [0.1, 0.15) is 20.3 Å². The molecule has 0 spiro atoms. The smallest absolute Gasteiger partial charge is 0.225 e. The zero-order chi connectivity index (χ0) is 8.72. The van der Waals surface area contributed by atoms with Crippen molar-refractivity contribution in [1.29, 1.82) is 0 Å². The molecule has 0 aromatic rings. The summed E-state index contributed by atoms with van der Waals surface area (Å²) in [4.78, 5) is 13.5. The molecule has 2 rings (SSSR count). The van der Waals surface area contributed by atoms with Gasteiger partial charge in [0.05, 0.1) is 6.10 Å². The lowest BCUT2D eigenvalue weighted by molar-refractivity contribution is -0.135. The molecule has 2 heterocycles. The summed E-state index contributed by atoms with van der Waals surface area (Å²) in [5.74, 6) is 0.393. The Bertz CT molecular complexity index is 203. The van der Waals surface area contributed by atoms with Crippen LogP contribution >= 0.6 is 0 Å². The lowest BCUT2D eigenvalue weighted by Crippen LogP contribution is -2.41. The molecule has 2 aliphatic heterocycles. The summed E-state index contributed by atoms with van der Waals surface area (Å²) in [6.45, 7) is 5.60. The Balaban J connectivity index is 1.91. The predicted octanol–water partition coefficient (Wildman–Crippen LogP) is 0.642. The van der Waals surface area contributed by atoms with Crippen molar-refractivity contribution in [2.45, 2.75) is 32.5 Å². The minimum Gasteiger partial charge on any atom is -0.368 e. The maximum atomic E-state index is 11.5. The van der Waals surface area contributed by atoms with Crippen LogP contribution in [-0.2, 0) is 9.53 Å². The average molecular weight is 169 g/mol. The number of carbonyl (C=O) groups is 1. The first-order chi connectivity index (χ1) is 5.68. The van der Waals surface area contributed by atoms with Crippen LogP contribution in [-0.4, -0.2) is 36.1 Å². The number of epoxide rings is 1. The Kier molecular flexibility index (Phi) is 1.83. The Morgan fingerprint density at radius 1 is 1.50 bits per heavy atom. The molecule has 0 saturated carbocycles. The van der Waals surface area contributed by atoms with Crippen molar-refractivity contribution in [1.82, 2.24) is 4.90 Å². The van der Waals surface area contributed by atoms with Crippen LogP contribution in [0.2, 0.25) is 0 Å². The molecule has 2 saturated heterocycles. The fourth-order valence-electron chi connectivity index (χ4n) is 1.75. The molecule has 0 aromatic carbocycles. The highest BCUT2D eigenvalue weighted by molar-refractivity contribution is 5.78. The Morgan fingerprint density at radius 2 is 2.25 bits per heavy atom. The van der Waals surface area contributed by atoms with Gasteiger partial charge in [0.2, 0.25) is 5.91 Å². The van der Waals surface area contributed by atoms with Crippen LogP contribution in [0.25, 0.3) is 0 Å². The van der Waals surface area contributed by atoms with E-state index in [1.54, 1.807) is 0 Å². The predicted molar refractivity (Wildman–Crippen MR) is 44.7 cm³/mol. The highest BCUT2D eigenvalue weighted by Gasteiger charge is 2.44. The Hall–Kier alpha value is -0.570. The minimum atomic E-state index is 0.125. The molecule has 0 radical (unpaired) electrons. The van der Waals surface area contributed by atoms with Crippen molar-refractivity contribution in [3.05, 3.63) is 0 Å². The van der Waals surface area contributed by atoms with Crippen molar-refractivity contribution < 1.29 is 9.53 Å². The van der Waals surface area contributed by atoms with Crippen LogP contribution < -0.4 is 0 Å². The first kappa shape index (κ1) is 8.05. The third-order valence-corrected chi connectivity index (χ3v) is 2.58. The highest BCUT2D eigenvalue weighted by Crippen LogP contribution is 2.30. The van der Waals surface area contributed by atoms with Gasteiger partial charge in [-0.2, -0.15) is 0 Å². The fraction of sp³-hybridized carbons (Fsp3) is 0.889. The van der Waals surface area contributed by atoms with Crippen molar-refractivity contribution in [2.75, 3.05) is 13.1 Å². The van der Waals surface area contributed by atoms with Crippen LogP contribution in [0.3, 0.4) is 0 Å². The number of nitrogens with zero attached hydrogens (tertiary/aromatic N) is 1. The maximum Gasteiger partial charge on any atom is 0.225 e. The number of ether oxygens (including phenoxy) is 1. The van der Waals surface area contributed by atoms with Gasteiger partial charge in [-0.15, -0.1) is 0 Å². The molecule has 0 bridgehead atoms. The number of hydrogen-bond donors (Lipinski definition) is 0. The van der Waals surface area contributed by atoms with Crippen molar-refractivity contribution >= 4 is 5.91 Å². The number of fused-ring (bicyclic) bond motifs is 1. The second kappa shape index (κ2) is 2.73. The van der Waals surface area contributed by atoms with E-state index in [1.165, 1.54) is 0 Å². The highest BCUT2D eigenvalue weighted by atomic mass is 16.6. The minimum absolute atomic E-state index is 0.125. The molecule has 2 fully saturated rings. The molecule has 1 amide bonds. The van der Waals surface area contributed by atoms with E-state index in [0.29, 0.717) is 12.2 Å².